The van der Waals surface area contributed by atoms with Crippen LogP contribution in [0.2, 0.25) is 0 Å². The lowest BCUT2D eigenvalue weighted by atomic mass is 10.2. The molecule has 1 aromatic heterocycles. The topological polar surface area (TPSA) is 75.7 Å². The highest BCUT2D eigenvalue weighted by molar-refractivity contribution is 7.92. The summed E-state index contributed by atoms with van der Waals surface area (Å²) in [6.07, 6.45) is 0.666. The number of benzene rings is 3. The molecule has 0 fully saturated rings. The third kappa shape index (κ3) is 5.33. The molecule has 0 radical (unpaired) electrons. The third-order valence-corrected chi connectivity index (χ3v) is 8.44. The van der Waals surface area contributed by atoms with Crippen LogP contribution in [0.5, 0.6) is 5.75 Å². The van der Waals surface area contributed by atoms with Crippen molar-refractivity contribution in [1.82, 2.24) is 0 Å². The molecule has 6 nitrogen and oxygen atoms in total. The van der Waals surface area contributed by atoms with Gasteiger partial charge in [-0.25, -0.2) is 8.42 Å². The average Bonchev–Trinajstić information content (AvgIpc) is 3.28. The van der Waals surface area contributed by atoms with Crippen LogP contribution in [0.3, 0.4) is 0 Å². The summed E-state index contributed by atoms with van der Waals surface area (Å²) < 4.78 is 34.8. The Morgan fingerprint density at radius 3 is 2.46 bits per heavy atom. The molecule has 8 heteroatoms. The Bertz CT molecular complexity index is 1440. The van der Waals surface area contributed by atoms with Gasteiger partial charge in [-0.2, -0.15) is 0 Å². The molecule has 1 heterocycles. The van der Waals surface area contributed by atoms with Gasteiger partial charge in [0.25, 0.3) is 15.9 Å². The smallest absolute Gasteiger partial charge is 0.265 e. The second-order valence-electron chi connectivity index (χ2n) is 8.11. The number of nitrogens with one attached hydrogen (secondary N) is 1. The fraction of sp³-hybridized carbons (Fsp3) is 0.222. The first-order valence-electron chi connectivity index (χ1n) is 11.5. The van der Waals surface area contributed by atoms with Crippen LogP contribution in [-0.2, 0) is 10.0 Å². The lowest BCUT2D eigenvalue weighted by Gasteiger charge is -2.24. The molecular weight excluding hydrogens is 480 g/mol. The quantitative estimate of drug-likeness (QED) is 0.281. The summed E-state index contributed by atoms with van der Waals surface area (Å²) >= 11 is 1.36. The summed E-state index contributed by atoms with van der Waals surface area (Å²) in [5.74, 6) is 0.376. The largest absolute Gasteiger partial charge is 0.492 e. The van der Waals surface area contributed by atoms with E-state index in [1.165, 1.54) is 15.6 Å². The van der Waals surface area contributed by atoms with Gasteiger partial charge in [-0.1, -0.05) is 36.8 Å². The van der Waals surface area contributed by atoms with Crippen molar-refractivity contribution in [2.45, 2.75) is 32.1 Å². The average molecular weight is 509 g/mol. The number of sulfonamides is 1. The van der Waals surface area contributed by atoms with Gasteiger partial charge in [0.15, 0.2) is 0 Å². The Balaban J connectivity index is 1.64. The van der Waals surface area contributed by atoms with E-state index < -0.39 is 10.0 Å². The highest BCUT2D eigenvalue weighted by atomic mass is 32.2. The number of fused-ring (bicyclic) bond motifs is 1. The SMILES string of the molecule is CCCN(c1ccc2sc(C(=O)Nc3ccccc3OCC)cc2c1)S(=O)(=O)c1ccc(C)cc1. The second kappa shape index (κ2) is 10.5. The van der Waals surface area contributed by atoms with E-state index in [9.17, 15) is 13.2 Å². The molecule has 0 aliphatic heterocycles. The minimum absolute atomic E-state index is 0.238. The zero-order chi connectivity index (χ0) is 25.0. The molecule has 4 aromatic rings. The molecule has 4 rings (SSSR count). The van der Waals surface area contributed by atoms with Gasteiger partial charge in [0.05, 0.1) is 27.8 Å². The lowest BCUT2D eigenvalue weighted by Crippen LogP contribution is -2.31. The van der Waals surface area contributed by atoms with Crippen molar-refractivity contribution in [3.8, 4) is 5.75 Å². The van der Waals surface area contributed by atoms with Gasteiger partial charge in [0.2, 0.25) is 0 Å². The number of anilines is 2. The van der Waals surface area contributed by atoms with Crippen molar-refractivity contribution in [2.24, 2.45) is 0 Å². The first kappa shape index (κ1) is 24.8. The van der Waals surface area contributed by atoms with Gasteiger partial charge in [0, 0.05) is 11.2 Å². The second-order valence-corrected chi connectivity index (χ2v) is 11.1. The van der Waals surface area contributed by atoms with E-state index in [-0.39, 0.29) is 10.8 Å². The molecule has 0 atom stereocenters. The van der Waals surface area contributed by atoms with Gasteiger partial charge < -0.3 is 10.1 Å². The molecule has 35 heavy (non-hydrogen) atoms. The van der Waals surface area contributed by atoms with E-state index in [2.05, 4.69) is 5.32 Å². The number of thiophene rings is 1. The Labute approximate surface area is 210 Å². The fourth-order valence-electron chi connectivity index (χ4n) is 3.76. The first-order valence-corrected chi connectivity index (χ1v) is 13.7. The Morgan fingerprint density at radius 2 is 1.74 bits per heavy atom. The Morgan fingerprint density at radius 1 is 1.00 bits per heavy atom. The zero-order valence-electron chi connectivity index (χ0n) is 19.9. The number of carbonyl (C=O) groups excluding carboxylic acids is 1. The predicted molar refractivity (Wildman–Crippen MR) is 143 cm³/mol. The lowest BCUT2D eigenvalue weighted by molar-refractivity contribution is 0.103. The van der Waals surface area contributed by atoms with Crippen LogP contribution in [0.15, 0.2) is 77.7 Å². The molecule has 0 unspecified atom stereocenters. The standard InChI is InChI=1S/C27H28N2O4S2/c1-4-16-29(35(31,32)22-13-10-19(3)11-14-22)21-12-15-25-20(17-21)18-26(34-25)27(30)28-23-8-6-7-9-24(23)33-5-2/h6-15,17-18H,4-5,16H2,1-3H3,(H,28,30). The first-order chi connectivity index (χ1) is 16.8. The molecule has 0 saturated carbocycles. The number of carbonyl (C=O) groups is 1. The van der Waals surface area contributed by atoms with E-state index >= 15 is 0 Å². The van der Waals surface area contributed by atoms with Crippen molar-refractivity contribution >= 4 is 48.7 Å². The molecule has 1 N–H and O–H groups in total. The van der Waals surface area contributed by atoms with E-state index in [0.717, 1.165) is 15.6 Å². The molecule has 0 spiro atoms. The molecule has 182 valence electrons. The van der Waals surface area contributed by atoms with Gasteiger partial charge in [-0.3, -0.25) is 9.10 Å². The van der Waals surface area contributed by atoms with Crippen LogP contribution < -0.4 is 14.4 Å². The molecule has 0 aliphatic rings. The van der Waals surface area contributed by atoms with Gasteiger partial charge >= 0.3 is 0 Å². The Hall–Kier alpha value is -3.36. The van der Waals surface area contributed by atoms with Gasteiger partial charge in [-0.15, -0.1) is 11.3 Å². The number of para-hydroxylation sites is 2. The highest BCUT2D eigenvalue weighted by Crippen LogP contribution is 2.33. The fourth-order valence-corrected chi connectivity index (χ4v) is 6.25. The molecule has 1 amide bonds. The number of amides is 1. The molecule has 0 saturated heterocycles. The van der Waals surface area contributed by atoms with Crippen molar-refractivity contribution < 1.29 is 17.9 Å². The summed E-state index contributed by atoms with van der Waals surface area (Å²) in [5, 5.41) is 3.74. The molecule has 3 aromatic carbocycles. The molecule has 0 bridgehead atoms. The predicted octanol–water partition coefficient (Wildman–Crippen LogP) is 6.47. The van der Waals surface area contributed by atoms with Crippen LogP contribution in [0.25, 0.3) is 10.1 Å². The minimum atomic E-state index is -3.72. The summed E-state index contributed by atoms with van der Waals surface area (Å²) in [6, 6.07) is 21.5. The monoisotopic (exact) mass is 508 g/mol. The maximum absolute atomic E-state index is 13.4. The van der Waals surface area contributed by atoms with Crippen molar-refractivity contribution in [2.75, 3.05) is 22.8 Å². The number of rotatable bonds is 9. The summed E-state index contributed by atoms with van der Waals surface area (Å²) in [5.41, 5.74) is 2.18. The number of ether oxygens (including phenoxy) is 1. The zero-order valence-corrected chi connectivity index (χ0v) is 21.6. The normalized spacial score (nSPS) is 11.4. The maximum atomic E-state index is 13.4. The summed E-state index contributed by atoms with van der Waals surface area (Å²) in [6.45, 7) is 6.62. The summed E-state index contributed by atoms with van der Waals surface area (Å²) in [4.78, 5) is 13.8. The van der Waals surface area contributed by atoms with Crippen LogP contribution in [0.4, 0.5) is 11.4 Å². The molecule has 0 aliphatic carbocycles. The third-order valence-electron chi connectivity index (χ3n) is 5.48. The van der Waals surface area contributed by atoms with Crippen LogP contribution in [0, 0.1) is 6.92 Å². The number of aryl methyl sites for hydroxylation is 1. The summed E-state index contributed by atoms with van der Waals surface area (Å²) in [7, 11) is -3.72. The Kier molecular flexibility index (Phi) is 7.42. The minimum Gasteiger partial charge on any atom is -0.492 e. The highest BCUT2D eigenvalue weighted by Gasteiger charge is 2.25. The van der Waals surface area contributed by atoms with Crippen molar-refractivity contribution in [3.05, 3.63) is 83.2 Å². The number of nitrogens with zero attached hydrogens (tertiary/aromatic N) is 1. The van der Waals surface area contributed by atoms with E-state index in [1.807, 2.05) is 51.1 Å². The van der Waals surface area contributed by atoms with Crippen LogP contribution in [0.1, 0.15) is 35.5 Å². The van der Waals surface area contributed by atoms with Crippen molar-refractivity contribution in [3.63, 3.8) is 0 Å². The van der Waals surface area contributed by atoms with Crippen LogP contribution in [-0.4, -0.2) is 27.5 Å². The van der Waals surface area contributed by atoms with E-state index in [4.69, 9.17) is 4.74 Å². The maximum Gasteiger partial charge on any atom is 0.265 e. The van der Waals surface area contributed by atoms with Gasteiger partial charge in [-0.05, 0) is 74.2 Å². The molecular formula is C27H28N2O4S2. The van der Waals surface area contributed by atoms with E-state index in [0.29, 0.717) is 41.6 Å². The van der Waals surface area contributed by atoms with Crippen molar-refractivity contribution in [1.29, 1.82) is 0 Å². The number of hydrogen-bond donors (Lipinski definition) is 1. The number of hydrogen-bond acceptors (Lipinski definition) is 5. The van der Waals surface area contributed by atoms with Gasteiger partial charge in [0.1, 0.15) is 5.75 Å². The van der Waals surface area contributed by atoms with Crippen LogP contribution >= 0.6 is 11.3 Å². The van der Waals surface area contributed by atoms with E-state index in [1.54, 1.807) is 42.5 Å².